The fraction of sp³-hybridized carbons (Fsp3) is 0.333. The van der Waals surface area contributed by atoms with Crippen LogP contribution in [0.15, 0.2) is 22.9 Å². The van der Waals surface area contributed by atoms with Crippen molar-refractivity contribution in [1.29, 1.82) is 0 Å². The normalized spacial score (nSPS) is 11.3. The molecule has 94 valence electrons. The summed E-state index contributed by atoms with van der Waals surface area (Å²) in [5.41, 5.74) is 0.417. The van der Waals surface area contributed by atoms with Gasteiger partial charge in [0.05, 0.1) is 10.2 Å². The molecule has 0 saturated heterocycles. The highest BCUT2D eigenvalue weighted by molar-refractivity contribution is 9.10. The van der Waals surface area contributed by atoms with Gasteiger partial charge in [0.15, 0.2) is 0 Å². The van der Waals surface area contributed by atoms with E-state index in [2.05, 4.69) is 31.0 Å². The second kappa shape index (κ2) is 5.97. The molecule has 1 rings (SSSR count). The van der Waals surface area contributed by atoms with Crippen LogP contribution in [0.5, 0.6) is 0 Å². The Morgan fingerprint density at radius 3 is 2.82 bits per heavy atom. The van der Waals surface area contributed by atoms with Gasteiger partial charge >= 0.3 is 6.18 Å². The SMILES string of the molecule is O=C(COCC(F)(F)F)Nc1ccncc1Br. The van der Waals surface area contributed by atoms with Crippen molar-refractivity contribution in [3.05, 3.63) is 22.9 Å². The molecule has 0 unspecified atom stereocenters. The predicted octanol–water partition coefficient (Wildman–Crippen LogP) is 2.36. The first kappa shape index (κ1) is 13.9. The van der Waals surface area contributed by atoms with Gasteiger partial charge in [-0.15, -0.1) is 0 Å². The minimum Gasteiger partial charge on any atom is -0.362 e. The number of rotatable bonds is 4. The number of aromatic nitrogens is 1. The number of hydrogen-bond acceptors (Lipinski definition) is 3. The maximum atomic E-state index is 11.7. The standard InChI is InChI=1S/C9H8BrF3N2O2/c10-6-3-14-2-1-7(6)15-8(16)4-17-5-9(11,12)13/h1-3H,4-5H2,(H,14,15,16). The van der Waals surface area contributed by atoms with Crippen molar-refractivity contribution in [3.63, 3.8) is 0 Å². The number of carbonyl (C=O) groups excluding carboxylic acids is 1. The van der Waals surface area contributed by atoms with Crippen molar-refractivity contribution in [3.8, 4) is 0 Å². The highest BCUT2D eigenvalue weighted by Gasteiger charge is 2.27. The lowest BCUT2D eigenvalue weighted by Gasteiger charge is -2.08. The lowest BCUT2D eigenvalue weighted by Crippen LogP contribution is -2.24. The minimum absolute atomic E-state index is 0.417. The van der Waals surface area contributed by atoms with E-state index in [0.717, 1.165) is 0 Å². The van der Waals surface area contributed by atoms with Crippen LogP contribution in [0, 0.1) is 0 Å². The van der Waals surface area contributed by atoms with Gasteiger partial charge in [0.25, 0.3) is 0 Å². The second-order valence-electron chi connectivity index (χ2n) is 3.01. The number of nitrogens with one attached hydrogen (secondary N) is 1. The van der Waals surface area contributed by atoms with Gasteiger partial charge < -0.3 is 10.1 Å². The number of carbonyl (C=O) groups is 1. The summed E-state index contributed by atoms with van der Waals surface area (Å²) in [5, 5.41) is 2.38. The fourth-order valence-electron chi connectivity index (χ4n) is 0.922. The number of anilines is 1. The third-order valence-electron chi connectivity index (χ3n) is 1.55. The van der Waals surface area contributed by atoms with Crippen molar-refractivity contribution in [2.24, 2.45) is 0 Å². The molecule has 4 nitrogen and oxygen atoms in total. The van der Waals surface area contributed by atoms with Gasteiger partial charge in [-0.05, 0) is 22.0 Å². The molecular weight excluding hydrogens is 305 g/mol. The first-order valence-electron chi connectivity index (χ1n) is 4.42. The summed E-state index contributed by atoms with van der Waals surface area (Å²) in [6, 6.07) is 1.51. The van der Waals surface area contributed by atoms with Crippen molar-refractivity contribution < 1.29 is 22.7 Å². The Morgan fingerprint density at radius 2 is 2.24 bits per heavy atom. The molecule has 0 fully saturated rings. The molecule has 0 aliphatic heterocycles. The third-order valence-corrected chi connectivity index (χ3v) is 2.18. The van der Waals surface area contributed by atoms with E-state index >= 15 is 0 Å². The molecule has 8 heteroatoms. The number of alkyl halides is 3. The molecule has 1 aromatic heterocycles. The predicted molar refractivity (Wildman–Crippen MR) is 57.4 cm³/mol. The molecule has 1 heterocycles. The number of pyridine rings is 1. The molecular formula is C9H8BrF3N2O2. The Kier molecular flexibility index (Phi) is 4.88. The Hall–Kier alpha value is -1.15. The Labute approximate surface area is 103 Å². The van der Waals surface area contributed by atoms with Gasteiger partial charge in [-0.2, -0.15) is 13.2 Å². The zero-order valence-electron chi connectivity index (χ0n) is 8.42. The third kappa shape index (κ3) is 5.64. The van der Waals surface area contributed by atoms with Crippen LogP contribution in [0.4, 0.5) is 18.9 Å². The maximum absolute atomic E-state index is 11.7. The molecule has 0 saturated carbocycles. The molecule has 1 amide bonds. The fourth-order valence-corrected chi connectivity index (χ4v) is 1.27. The lowest BCUT2D eigenvalue weighted by atomic mass is 10.4. The summed E-state index contributed by atoms with van der Waals surface area (Å²) in [4.78, 5) is 15.0. The van der Waals surface area contributed by atoms with Gasteiger partial charge in [0, 0.05) is 12.4 Å². The topological polar surface area (TPSA) is 51.2 Å². The van der Waals surface area contributed by atoms with Gasteiger partial charge in [-0.3, -0.25) is 9.78 Å². The van der Waals surface area contributed by atoms with Crippen LogP contribution in [0.2, 0.25) is 0 Å². The minimum atomic E-state index is -4.43. The average molecular weight is 313 g/mol. The number of halogens is 4. The van der Waals surface area contributed by atoms with Crippen LogP contribution < -0.4 is 5.32 Å². The number of amides is 1. The highest BCUT2D eigenvalue weighted by Crippen LogP contribution is 2.19. The number of hydrogen-bond donors (Lipinski definition) is 1. The quantitative estimate of drug-likeness (QED) is 0.928. The Balaban J connectivity index is 2.38. The summed E-state index contributed by atoms with van der Waals surface area (Å²) in [7, 11) is 0. The van der Waals surface area contributed by atoms with Crippen LogP contribution in [0.1, 0.15) is 0 Å². The van der Waals surface area contributed by atoms with Crippen LogP contribution in [-0.4, -0.2) is 30.3 Å². The average Bonchev–Trinajstić information content (AvgIpc) is 2.19. The zero-order chi connectivity index (χ0) is 12.9. The molecule has 0 atom stereocenters. The monoisotopic (exact) mass is 312 g/mol. The molecule has 17 heavy (non-hydrogen) atoms. The lowest BCUT2D eigenvalue weighted by molar-refractivity contribution is -0.174. The highest BCUT2D eigenvalue weighted by atomic mass is 79.9. The molecule has 0 aliphatic carbocycles. The van der Waals surface area contributed by atoms with Crippen molar-refractivity contribution in [2.75, 3.05) is 18.5 Å². The second-order valence-corrected chi connectivity index (χ2v) is 3.87. The molecule has 0 aromatic carbocycles. The Bertz CT molecular complexity index is 398. The van der Waals surface area contributed by atoms with Gasteiger partial charge in [-0.1, -0.05) is 0 Å². The zero-order valence-corrected chi connectivity index (χ0v) is 10.0. The summed E-state index contributed by atoms with van der Waals surface area (Å²) in [5.74, 6) is -0.666. The largest absolute Gasteiger partial charge is 0.411 e. The molecule has 0 bridgehead atoms. The Morgan fingerprint density at radius 1 is 1.53 bits per heavy atom. The molecule has 0 radical (unpaired) electrons. The first-order chi connectivity index (χ1) is 7.88. The number of nitrogens with zero attached hydrogens (tertiary/aromatic N) is 1. The summed E-state index contributed by atoms with van der Waals surface area (Å²) in [6.45, 7) is -2.10. The molecule has 0 spiro atoms. The summed E-state index contributed by atoms with van der Waals surface area (Å²) in [6.07, 6.45) is -1.54. The van der Waals surface area contributed by atoms with E-state index in [9.17, 15) is 18.0 Å². The van der Waals surface area contributed by atoms with E-state index in [1.54, 1.807) is 0 Å². The van der Waals surface area contributed by atoms with E-state index in [4.69, 9.17) is 0 Å². The van der Waals surface area contributed by atoms with Gasteiger partial charge in [0.2, 0.25) is 5.91 Å². The number of ether oxygens (including phenoxy) is 1. The van der Waals surface area contributed by atoms with E-state index in [1.807, 2.05) is 0 Å². The summed E-state index contributed by atoms with van der Waals surface area (Å²) >= 11 is 3.13. The van der Waals surface area contributed by atoms with Crippen LogP contribution >= 0.6 is 15.9 Å². The van der Waals surface area contributed by atoms with E-state index in [-0.39, 0.29) is 0 Å². The van der Waals surface area contributed by atoms with Crippen LogP contribution in [-0.2, 0) is 9.53 Å². The smallest absolute Gasteiger partial charge is 0.362 e. The van der Waals surface area contributed by atoms with E-state index in [1.165, 1.54) is 18.5 Å². The first-order valence-corrected chi connectivity index (χ1v) is 5.21. The molecule has 1 aromatic rings. The van der Waals surface area contributed by atoms with Crippen molar-refractivity contribution in [1.82, 2.24) is 4.98 Å². The van der Waals surface area contributed by atoms with E-state index < -0.39 is 25.3 Å². The van der Waals surface area contributed by atoms with Gasteiger partial charge in [-0.25, -0.2) is 0 Å². The van der Waals surface area contributed by atoms with Gasteiger partial charge in [0.1, 0.15) is 13.2 Å². The maximum Gasteiger partial charge on any atom is 0.411 e. The molecule has 1 N–H and O–H groups in total. The van der Waals surface area contributed by atoms with Crippen LogP contribution in [0.25, 0.3) is 0 Å². The van der Waals surface area contributed by atoms with Crippen LogP contribution in [0.3, 0.4) is 0 Å². The van der Waals surface area contributed by atoms with Crippen molar-refractivity contribution in [2.45, 2.75) is 6.18 Å². The van der Waals surface area contributed by atoms with Crippen molar-refractivity contribution >= 4 is 27.5 Å². The van der Waals surface area contributed by atoms with E-state index in [0.29, 0.717) is 10.2 Å². The molecule has 0 aliphatic rings. The summed E-state index contributed by atoms with van der Waals surface area (Å²) < 4.78 is 39.9.